The van der Waals surface area contributed by atoms with Crippen LogP contribution in [0.15, 0.2) is 24.3 Å². The fourth-order valence-corrected chi connectivity index (χ4v) is 2.69. The summed E-state index contributed by atoms with van der Waals surface area (Å²) in [5.74, 6) is -1.11. The minimum Gasteiger partial charge on any atom is -0.480 e. The monoisotopic (exact) mass is 261 g/mol. The highest BCUT2D eigenvalue weighted by Gasteiger charge is 2.39. The van der Waals surface area contributed by atoms with Gasteiger partial charge in [-0.2, -0.15) is 0 Å². The Morgan fingerprint density at radius 1 is 1.32 bits per heavy atom. The number of rotatable bonds is 4. The lowest BCUT2D eigenvalue weighted by molar-refractivity contribution is -0.140. The largest absolute Gasteiger partial charge is 0.480 e. The molecule has 0 fully saturated rings. The summed E-state index contributed by atoms with van der Waals surface area (Å²) in [6.45, 7) is 3.92. The zero-order chi connectivity index (χ0) is 14.0. The van der Waals surface area contributed by atoms with Crippen LogP contribution in [0.1, 0.15) is 32.3 Å². The molecule has 19 heavy (non-hydrogen) atoms. The second kappa shape index (κ2) is 5.43. The van der Waals surface area contributed by atoms with E-state index in [1.807, 2.05) is 38.1 Å². The molecule has 1 N–H and O–H groups in total. The molecule has 1 aliphatic heterocycles. The van der Waals surface area contributed by atoms with Crippen molar-refractivity contribution in [2.24, 2.45) is 5.92 Å². The second-order valence-electron chi connectivity index (χ2n) is 4.91. The first-order valence-electron chi connectivity index (χ1n) is 6.73. The van der Waals surface area contributed by atoms with Gasteiger partial charge in [-0.05, 0) is 24.5 Å². The van der Waals surface area contributed by atoms with E-state index in [1.165, 1.54) is 4.90 Å². The van der Waals surface area contributed by atoms with Gasteiger partial charge in [-0.1, -0.05) is 32.0 Å². The van der Waals surface area contributed by atoms with Crippen molar-refractivity contribution in [2.45, 2.75) is 39.2 Å². The molecule has 1 aromatic carbocycles. The van der Waals surface area contributed by atoms with E-state index in [4.69, 9.17) is 0 Å². The molecule has 102 valence electrons. The predicted molar refractivity (Wildman–Crippen MR) is 73.1 cm³/mol. The number of para-hydroxylation sites is 1. The van der Waals surface area contributed by atoms with Gasteiger partial charge in [0, 0.05) is 18.0 Å². The van der Waals surface area contributed by atoms with Gasteiger partial charge in [0.15, 0.2) is 0 Å². The minimum atomic E-state index is -0.935. The average molecular weight is 261 g/mol. The smallest absolute Gasteiger partial charge is 0.327 e. The van der Waals surface area contributed by atoms with Crippen molar-refractivity contribution in [3.8, 4) is 0 Å². The Morgan fingerprint density at radius 3 is 2.53 bits per heavy atom. The number of benzene rings is 1. The molecule has 2 rings (SSSR count). The molecule has 0 saturated carbocycles. The summed E-state index contributed by atoms with van der Waals surface area (Å²) < 4.78 is 0. The molecule has 0 saturated heterocycles. The van der Waals surface area contributed by atoms with Gasteiger partial charge >= 0.3 is 5.97 Å². The van der Waals surface area contributed by atoms with E-state index >= 15 is 0 Å². The Kier molecular flexibility index (Phi) is 3.88. The minimum absolute atomic E-state index is 0.0673. The molecule has 1 heterocycles. The van der Waals surface area contributed by atoms with Gasteiger partial charge in [-0.15, -0.1) is 0 Å². The van der Waals surface area contributed by atoms with Crippen LogP contribution in [-0.4, -0.2) is 23.0 Å². The third-order valence-electron chi connectivity index (χ3n) is 3.83. The number of anilines is 1. The van der Waals surface area contributed by atoms with Crippen LogP contribution >= 0.6 is 0 Å². The Morgan fingerprint density at radius 2 is 1.95 bits per heavy atom. The van der Waals surface area contributed by atoms with Crippen LogP contribution < -0.4 is 4.90 Å². The van der Waals surface area contributed by atoms with Crippen molar-refractivity contribution >= 4 is 17.6 Å². The summed E-state index contributed by atoms with van der Waals surface area (Å²) in [5, 5.41) is 9.34. The predicted octanol–water partition coefficient (Wildman–Crippen LogP) is 2.47. The molecule has 0 aliphatic carbocycles. The number of aliphatic carboxylic acids is 1. The SMILES string of the molecule is CCC(CC)C(=O)N1c2ccccc2CC1C(=O)O. The van der Waals surface area contributed by atoms with Gasteiger partial charge in [0.05, 0.1) is 0 Å². The lowest BCUT2D eigenvalue weighted by atomic mass is 10.0. The highest BCUT2D eigenvalue weighted by atomic mass is 16.4. The first kappa shape index (κ1) is 13.6. The third-order valence-corrected chi connectivity index (χ3v) is 3.83. The van der Waals surface area contributed by atoms with Crippen molar-refractivity contribution in [2.75, 3.05) is 4.90 Å². The Labute approximate surface area is 113 Å². The molecule has 1 unspecified atom stereocenters. The fraction of sp³-hybridized carbons (Fsp3) is 0.467. The van der Waals surface area contributed by atoms with Gasteiger partial charge in [-0.3, -0.25) is 9.69 Å². The molecule has 1 amide bonds. The third kappa shape index (κ3) is 2.35. The number of hydrogen-bond donors (Lipinski definition) is 1. The van der Waals surface area contributed by atoms with E-state index in [0.717, 1.165) is 24.1 Å². The standard InChI is InChI=1S/C15H19NO3/c1-3-10(4-2)14(17)16-12-8-6-5-7-11(12)9-13(16)15(18)19/h5-8,10,13H,3-4,9H2,1-2H3,(H,18,19). The zero-order valence-corrected chi connectivity index (χ0v) is 11.3. The maximum atomic E-state index is 12.5. The summed E-state index contributed by atoms with van der Waals surface area (Å²) in [6, 6.07) is 6.69. The normalized spacial score (nSPS) is 17.6. The lowest BCUT2D eigenvalue weighted by Gasteiger charge is -2.26. The van der Waals surface area contributed by atoms with Crippen LogP contribution in [0.2, 0.25) is 0 Å². The van der Waals surface area contributed by atoms with E-state index in [1.54, 1.807) is 0 Å². The molecule has 1 atom stereocenters. The number of carbonyl (C=O) groups is 2. The highest BCUT2D eigenvalue weighted by Crippen LogP contribution is 2.34. The van der Waals surface area contributed by atoms with E-state index in [0.29, 0.717) is 6.42 Å². The molecule has 4 heteroatoms. The van der Waals surface area contributed by atoms with Crippen molar-refractivity contribution in [1.29, 1.82) is 0 Å². The molecule has 0 bridgehead atoms. The summed E-state index contributed by atoms with van der Waals surface area (Å²) in [6.07, 6.45) is 1.87. The molecule has 4 nitrogen and oxygen atoms in total. The van der Waals surface area contributed by atoms with E-state index < -0.39 is 12.0 Å². The van der Waals surface area contributed by atoms with Gasteiger partial charge in [0.2, 0.25) is 5.91 Å². The number of fused-ring (bicyclic) bond motifs is 1. The number of amides is 1. The first-order valence-corrected chi connectivity index (χ1v) is 6.73. The van der Waals surface area contributed by atoms with Gasteiger partial charge in [-0.25, -0.2) is 4.79 Å². The van der Waals surface area contributed by atoms with E-state index in [9.17, 15) is 14.7 Å². The van der Waals surface area contributed by atoms with Crippen LogP contribution in [0, 0.1) is 5.92 Å². The molecular formula is C15H19NO3. The quantitative estimate of drug-likeness (QED) is 0.905. The van der Waals surface area contributed by atoms with Crippen molar-refractivity contribution in [3.63, 3.8) is 0 Å². The molecule has 0 spiro atoms. The van der Waals surface area contributed by atoms with Gasteiger partial charge in [0.1, 0.15) is 6.04 Å². The van der Waals surface area contributed by atoms with Crippen LogP contribution in [-0.2, 0) is 16.0 Å². The number of nitrogens with zero attached hydrogens (tertiary/aromatic N) is 1. The molecule has 1 aliphatic rings. The molecule has 1 aromatic rings. The second-order valence-corrected chi connectivity index (χ2v) is 4.91. The highest BCUT2D eigenvalue weighted by molar-refractivity contribution is 6.02. The van der Waals surface area contributed by atoms with Crippen molar-refractivity contribution in [1.82, 2.24) is 0 Å². The van der Waals surface area contributed by atoms with Gasteiger partial charge < -0.3 is 5.11 Å². The Balaban J connectivity index is 2.39. The molecule has 0 aromatic heterocycles. The topological polar surface area (TPSA) is 57.6 Å². The van der Waals surface area contributed by atoms with E-state index in [2.05, 4.69) is 0 Å². The summed E-state index contributed by atoms with van der Waals surface area (Å²) in [7, 11) is 0. The molecular weight excluding hydrogens is 242 g/mol. The summed E-state index contributed by atoms with van der Waals surface area (Å²) in [4.78, 5) is 25.4. The maximum Gasteiger partial charge on any atom is 0.327 e. The van der Waals surface area contributed by atoms with Gasteiger partial charge in [0.25, 0.3) is 0 Å². The maximum absolute atomic E-state index is 12.5. The van der Waals surface area contributed by atoms with Crippen molar-refractivity contribution < 1.29 is 14.7 Å². The Bertz CT molecular complexity index is 494. The van der Waals surface area contributed by atoms with Crippen molar-refractivity contribution in [3.05, 3.63) is 29.8 Å². The zero-order valence-electron chi connectivity index (χ0n) is 11.3. The van der Waals surface area contributed by atoms with Crippen LogP contribution in [0.25, 0.3) is 0 Å². The first-order chi connectivity index (χ1) is 9.10. The number of carboxylic acid groups (broad SMARTS) is 1. The summed E-state index contributed by atoms with van der Waals surface area (Å²) in [5.41, 5.74) is 1.70. The molecule has 0 radical (unpaired) electrons. The average Bonchev–Trinajstić information content (AvgIpc) is 2.79. The summed E-state index contributed by atoms with van der Waals surface area (Å²) >= 11 is 0. The van der Waals surface area contributed by atoms with Crippen LogP contribution in [0.3, 0.4) is 0 Å². The lowest BCUT2D eigenvalue weighted by Crippen LogP contribution is -2.45. The Hall–Kier alpha value is -1.84. The fourth-order valence-electron chi connectivity index (χ4n) is 2.69. The number of hydrogen-bond acceptors (Lipinski definition) is 2. The number of carboxylic acids is 1. The van der Waals surface area contributed by atoms with Crippen LogP contribution in [0.5, 0.6) is 0 Å². The number of carbonyl (C=O) groups excluding carboxylic acids is 1. The van der Waals surface area contributed by atoms with E-state index in [-0.39, 0.29) is 11.8 Å². The van der Waals surface area contributed by atoms with Crippen LogP contribution in [0.4, 0.5) is 5.69 Å².